The first-order chi connectivity index (χ1) is 9.60. The first-order valence-electron chi connectivity index (χ1n) is 6.58. The second-order valence-corrected chi connectivity index (χ2v) is 4.56. The Morgan fingerprint density at radius 1 is 1.25 bits per heavy atom. The summed E-state index contributed by atoms with van der Waals surface area (Å²) in [6.45, 7) is 2.31. The molecule has 6 heteroatoms. The maximum atomic E-state index is 11.9. The Labute approximate surface area is 116 Å². The van der Waals surface area contributed by atoms with Gasteiger partial charge in [0.05, 0.1) is 6.54 Å². The van der Waals surface area contributed by atoms with Crippen molar-refractivity contribution >= 4 is 23.4 Å². The molecule has 1 heterocycles. The van der Waals surface area contributed by atoms with E-state index in [0.717, 1.165) is 11.3 Å². The number of rotatable bonds is 4. The van der Waals surface area contributed by atoms with E-state index in [1.54, 1.807) is 18.2 Å². The molecule has 0 aromatic heterocycles. The molecule has 6 nitrogen and oxygen atoms in total. The molecule has 0 bridgehead atoms. The molecule has 0 atom stereocenters. The Morgan fingerprint density at radius 3 is 2.80 bits per heavy atom. The number of benzene rings is 1. The van der Waals surface area contributed by atoms with Crippen LogP contribution in [-0.2, 0) is 16.0 Å². The number of likely N-dealkylation sites (N-methyl/N-ethyl adjacent to an activating group) is 1. The molecule has 0 radical (unpaired) electrons. The van der Waals surface area contributed by atoms with Crippen molar-refractivity contribution < 1.29 is 14.4 Å². The van der Waals surface area contributed by atoms with Crippen LogP contribution in [-0.4, -0.2) is 30.8 Å². The van der Waals surface area contributed by atoms with E-state index in [0.29, 0.717) is 24.9 Å². The number of amides is 3. The molecule has 0 fully saturated rings. The van der Waals surface area contributed by atoms with E-state index in [9.17, 15) is 14.4 Å². The number of hydrogen-bond donors (Lipinski definition) is 3. The Bertz CT molecular complexity index is 555. The third-order valence-electron chi connectivity index (χ3n) is 3.05. The number of anilines is 1. The van der Waals surface area contributed by atoms with Crippen LogP contribution in [0, 0.1) is 0 Å². The fraction of sp³-hybridized carbons (Fsp3) is 0.357. The Morgan fingerprint density at radius 2 is 2.05 bits per heavy atom. The van der Waals surface area contributed by atoms with Gasteiger partial charge in [0.15, 0.2) is 0 Å². The number of hydrogen-bond acceptors (Lipinski definition) is 3. The topological polar surface area (TPSA) is 87.3 Å². The lowest BCUT2D eigenvalue weighted by Crippen LogP contribution is -2.36. The van der Waals surface area contributed by atoms with Crippen molar-refractivity contribution in [1.29, 1.82) is 0 Å². The molecule has 1 aliphatic rings. The lowest BCUT2D eigenvalue weighted by Gasteiger charge is -2.17. The standard InChI is InChI=1S/C14H17N3O3/c1-2-15-13(19)8-16-14(20)10-3-5-11-9(7-10)4-6-12(18)17-11/h3,5,7H,2,4,6,8H2,1H3,(H,15,19)(H,16,20)(H,17,18). The van der Waals surface area contributed by atoms with Crippen LogP contribution in [0.25, 0.3) is 0 Å². The maximum absolute atomic E-state index is 11.9. The third-order valence-corrected chi connectivity index (χ3v) is 3.05. The van der Waals surface area contributed by atoms with Crippen molar-refractivity contribution in [2.45, 2.75) is 19.8 Å². The second-order valence-electron chi connectivity index (χ2n) is 4.56. The molecule has 2 rings (SSSR count). The third kappa shape index (κ3) is 3.34. The van der Waals surface area contributed by atoms with Crippen LogP contribution >= 0.6 is 0 Å². The van der Waals surface area contributed by atoms with Crippen molar-refractivity contribution in [3.05, 3.63) is 29.3 Å². The van der Waals surface area contributed by atoms with E-state index in [1.165, 1.54) is 0 Å². The summed E-state index contributed by atoms with van der Waals surface area (Å²) >= 11 is 0. The van der Waals surface area contributed by atoms with Crippen molar-refractivity contribution in [2.75, 3.05) is 18.4 Å². The van der Waals surface area contributed by atoms with Crippen LogP contribution in [0.1, 0.15) is 29.3 Å². The van der Waals surface area contributed by atoms with E-state index in [1.807, 2.05) is 6.92 Å². The van der Waals surface area contributed by atoms with Gasteiger partial charge in [-0.3, -0.25) is 14.4 Å². The van der Waals surface area contributed by atoms with Gasteiger partial charge in [0.25, 0.3) is 5.91 Å². The molecule has 0 saturated carbocycles. The minimum absolute atomic E-state index is 0.00839. The zero-order chi connectivity index (χ0) is 14.5. The predicted molar refractivity (Wildman–Crippen MR) is 74.4 cm³/mol. The van der Waals surface area contributed by atoms with Gasteiger partial charge in [0.2, 0.25) is 11.8 Å². The average Bonchev–Trinajstić information content (AvgIpc) is 2.44. The highest BCUT2D eigenvalue weighted by Gasteiger charge is 2.16. The van der Waals surface area contributed by atoms with Crippen LogP contribution in [0.15, 0.2) is 18.2 Å². The molecular weight excluding hydrogens is 258 g/mol. The first-order valence-corrected chi connectivity index (χ1v) is 6.58. The van der Waals surface area contributed by atoms with Crippen molar-refractivity contribution in [1.82, 2.24) is 10.6 Å². The van der Waals surface area contributed by atoms with Crippen LogP contribution in [0.5, 0.6) is 0 Å². The van der Waals surface area contributed by atoms with Crippen LogP contribution in [0.4, 0.5) is 5.69 Å². The van der Waals surface area contributed by atoms with Gasteiger partial charge in [-0.05, 0) is 37.1 Å². The average molecular weight is 275 g/mol. The minimum atomic E-state index is -0.295. The number of fused-ring (bicyclic) bond motifs is 1. The number of nitrogens with one attached hydrogen (secondary N) is 3. The zero-order valence-corrected chi connectivity index (χ0v) is 11.3. The van der Waals surface area contributed by atoms with Crippen LogP contribution in [0.3, 0.4) is 0 Å². The summed E-state index contributed by atoms with van der Waals surface area (Å²) in [4.78, 5) is 34.4. The largest absolute Gasteiger partial charge is 0.355 e. The predicted octanol–water partition coefficient (Wildman–Crippen LogP) is 0.437. The summed E-state index contributed by atoms with van der Waals surface area (Å²) in [7, 11) is 0. The molecular formula is C14H17N3O3. The first kappa shape index (κ1) is 14.0. The molecule has 1 aliphatic heterocycles. The molecule has 0 unspecified atom stereocenters. The van der Waals surface area contributed by atoms with Gasteiger partial charge >= 0.3 is 0 Å². The molecule has 1 aromatic rings. The van der Waals surface area contributed by atoms with Gasteiger partial charge in [-0.2, -0.15) is 0 Å². The van der Waals surface area contributed by atoms with Crippen molar-refractivity contribution in [2.24, 2.45) is 0 Å². The van der Waals surface area contributed by atoms with Gasteiger partial charge in [0, 0.05) is 24.2 Å². The number of carbonyl (C=O) groups excluding carboxylic acids is 3. The molecule has 0 spiro atoms. The zero-order valence-electron chi connectivity index (χ0n) is 11.3. The van der Waals surface area contributed by atoms with E-state index < -0.39 is 0 Å². The van der Waals surface area contributed by atoms with E-state index in [4.69, 9.17) is 0 Å². The normalized spacial score (nSPS) is 13.2. The molecule has 1 aromatic carbocycles. The summed E-state index contributed by atoms with van der Waals surface area (Å²) in [5.41, 5.74) is 2.18. The SMILES string of the molecule is CCNC(=O)CNC(=O)c1ccc2c(c1)CCC(=O)N2. The van der Waals surface area contributed by atoms with E-state index in [-0.39, 0.29) is 24.3 Å². The molecule has 20 heavy (non-hydrogen) atoms. The second kappa shape index (κ2) is 6.18. The molecule has 0 aliphatic carbocycles. The summed E-state index contributed by atoms with van der Waals surface area (Å²) in [5, 5.41) is 7.93. The highest BCUT2D eigenvalue weighted by atomic mass is 16.2. The Kier molecular flexibility index (Phi) is 4.34. The highest BCUT2D eigenvalue weighted by molar-refractivity contribution is 5.99. The fourth-order valence-electron chi connectivity index (χ4n) is 2.05. The van der Waals surface area contributed by atoms with Crippen LogP contribution < -0.4 is 16.0 Å². The van der Waals surface area contributed by atoms with Gasteiger partial charge in [-0.1, -0.05) is 0 Å². The van der Waals surface area contributed by atoms with Gasteiger partial charge in [-0.15, -0.1) is 0 Å². The molecule has 3 N–H and O–H groups in total. The quantitative estimate of drug-likeness (QED) is 0.745. The van der Waals surface area contributed by atoms with Crippen molar-refractivity contribution in [3.63, 3.8) is 0 Å². The molecule has 0 saturated heterocycles. The minimum Gasteiger partial charge on any atom is -0.355 e. The summed E-state index contributed by atoms with van der Waals surface area (Å²) in [6, 6.07) is 5.10. The van der Waals surface area contributed by atoms with Gasteiger partial charge in [0.1, 0.15) is 0 Å². The smallest absolute Gasteiger partial charge is 0.251 e. The van der Waals surface area contributed by atoms with E-state index in [2.05, 4.69) is 16.0 Å². The maximum Gasteiger partial charge on any atom is 0.251 e. The monoisotopic (exact) mass is 275 g/mol. The van der Waals surface area contributed by atoms with Gasteiger partial charge in [-0.25, -0.2) is 0 Å². The van der Waals surface area contributed by atoms with Crippen LogP contribution in [0.2, 0.25) is 0 Å². The molecule has 3 amide bonds. The summed E-state index contributed by atoms with van der Waals surface area (Å²) in [5.74, 6) is -0.520. The van der Waals surface area contributed by atoms with Gasteiger partial charge < -0.3 is 16.0 Å². The fourth-order valence-corrected chi connectivity index (χ4v) is 2.05. The lowest BCUT2D eigenvalue weighted by molar-refractivity contribution is -0.120. The number of aryl methyl sites for hydroxylation is 1. The summed E-state index contributed by atoms with van der Waals surface area (Å²) in [6.07, 6.45) is 1.05. The summed E-state index contributed by atoms with van der Waals surface area (Å²) < 4.78 is 0. The van der Waals surface area contributed by atoms with Crippen molar-refractivity contribution in [3.8, 4) is 0 Å². The number of carbonyl (C=O) groups is 3. The lowest BCUT2D eigenvalue weighted by atomic mass is 10.00. The Hall–Kier alpha value is -2.37. The van der Waals surface area contributed by atoms with E-state index >= 15 is 0 Å². The molecule has 106 valence electrons. The Balaban J connectivity index is 2.00. The highest BCUT2D eigenvalue weighted by Crippen LogP contribution is 2.23.